The fraction of sp³-hybridized carbons (Fsp3) is 0.450. The van der Waals surface area contributed by atoms with Crippen LogP contribution < -0.4 is 21.7 Å². The number of nitrogens with zero attached hydrogens (tertiary/aromatic N) is 2. The third kappa shape index (κ3) is 14.4. The van der Waals surface area contributed by atoms with E-state index in [-0.39, 0.29) is 64.0 Å². The quantitative estimate of drug-likeness (QED) is 0.0642. The molecule has 1 fully saturated rings. The second-order valence-corrected chi connectivity index (χ2v) is 14.6. The van der Waals surface area contributed by atoms with Gasteiger partial charge in [-0.1, -0.05) is 51.1 Å². The zero-order chi connectivity index (χ0) is 43.0. The van der Waals surface area contributed by atoms with E-state index in [0.29, 0.717) is 17.2 Å². The maximum Gasteiger partial charge on any atom is 0.333 e. The van der Waals surface area contributed by atoms with Gasteiger partial charge in [-0.25, -0.2) is 13.6 Å². The predicted molar refractivity (Wildman–Crippen MR) is 206 cm³/mol. The largest absolute Gasteiger partial charge is 0.480 e. The molecule has 0 bridgehead atoms. The first-order valence-electron chi connectivity index (χ1n) is 18.7. The Morgan fingerprint density at radius 1 is 0.931 bits per heavy atom. The maximum absolute atomic E-state index is 15.0. The molecule has 58 heavy (non-hydrogen) atoms. The summed E-state index contributed by atoms with van der Waals surface area (Å²) in [6, 6.07) is 11.6. The maximum atomic E-state index is 15.0. The van der Waals surface area contributed by atoms with Crippen molar-refractivity contribution < 1.29 is 57.7 Å². The number of aliphatic hydroxyl groups excluding tert-OH is 2. The average molecular weight is 815 g/mol. The number of hydroxylamine groups is 2. The van der Waals surface area contributed by atoms with Gasteiger partial charge in [-0.2, -0.15) is 0 Å². The molecule has 2 heterocycles. The van der Waals surface area contributed by atoms with Crippen LogP contribution >= 0.6 is 0 Å². The minimum Gasteiger partial charge on any atom is -0.480 e. The second kappa shape index (κ2) is 22.4. The van der Waals surface area contributed by atoms with Gasteiger partial charge in [0, 0.05) is 55.4 Å². The van der Waals surface area contributed by atoms with Crippen molar-refractivity contribution in [2.24, 2.45) is 11.1 Å². The highest BCUT2D eigenvalue weighted by molar-refractivity contribution is 6.01. The van der Waals surface area contributed by atoms with Crippen molar-refractivity contribution in [3.05, 3.63) is 83.7 Å². The van der Waals surface area contributed by atoms with E-state index < -0.39 is 77.2 Å². The molecule has 18 heteroatoms. The van der Waals surface area contributed by atoms with E-state index in [2.05, 4.69) is 16.0 Å². The molecule has 16 nitrogen and oxygen atoms in total. The molecule has 2 aromatic carbocycles. The van der Waals surface area contributed by atoms with Crippen molar-refractivity contribution >= 4 is 35.6 Å². The molecule has 0 spiro atoms. The van der Waals surface area contributed by atoms with Gasteiger partial charge in [0.05, 0.1) is 31.7 Å². The zero-order valence-electron chi connectivity index (χ0n) is 32.7. The number of amides is 4. The molecular weight excluding hydrogens is 762 g/mol. The summed E-state index contributed by atoms with van der Waals surface area (Å²) in [7, 11) is 0. The Bertz CT molecular complexity index is 1870. The number of nitrogens with two attached hydrogens (primary N) is 1. The lowest BCUT2D eigenvalue weighted by Crippen LogP contribution is -2.53. The van der Waals surface area contributed by atoms with Crippen molar-refractivity contribution in [2.75, 3.05) is 26.3 Å². The molecule has 1 aliphatic rings. The number of imide groups is 1. The zero-order valence-corrected chi connectivity index (χ0v) is 32.7. The lowest BCUT2D eigenvalue weighted by molar-refractivity contribution is -0.197. The lowest BCUT2D eigenvalue weighted by Gasteiger charge is -2.33. The Labute approximate surface area is 334 Å². The number of carbonyl (C=O) groups excluding carboxylic acids is 5. The average Bonchev–Trinajstić information content (AvgIpc) is 3.72. The van der Waals surface area contributed by atoms with Crippen LogP contribution in [0.25, 0.3) is 11.1 Å². The molecule has 3 aromatic rings. The number of hydrogen-bond donors (Lipinski definition) is 7. The Balaban J connectivity index is 0.00000215. The number of rotatable bonds is 20. The number of primary amides is 1. The van der Waals surface area contributed by atoms with Crippen molar-refractivity contribution in [1.29, 1.82) is 0 Å². The summed E-state index contributed by atoms with van der Waals surface area (Å²) >= 11 is 0. The topological polar surface area (TPSA) is 243 Å². The minimum atomic E-state index is -1.48. The molecule has 8 N–H and O–H groups in total. The van der Waals surface area contributed by atoms with Crippen molar-refractivity contribution in [3.63, 3.8) is 0 Å². The van der Waals surface area contributed by atoms with Gasteiger partial charge in [0.15, 0.2) is 0 Å². The molecule has 1 saturated heterocycles. The number of carboxylic acid groups (broad SMARTS) is 1. The normalized spacial score (nSPS) is 14.3. The highest BCUT2D eigenvalue weighted by Gasteiger charge is 2.34. The smallest absolute Gasteiger partial charge is 0.333 e. The number of carboxylic acids is 1. The Morgan fingerprint density at radius 3 is 2.17 bits per heavy atom. The SMILES string of the molecule is CC(C)(C)[C@@H](NCC[C@H](N[C@@H](CC(N)=O)C(=O)O)C(=O)NCCCC(=O)ON1C(=O)CCC1=O)c1cc(-c2cc(F)ccc2F)cn1Cc1ccccc1.OCCO. The van der Waals surface area contributed by atoms with E-state index in [1.165, 1.54) is 0 Å². The summed E-state index contributed by atoms with van der Waals surface area (Å²) < 4.78 is 31.2. The third-order valence-corrected chi connectivity index (χ3v) is 8.89. The van der Waals surface area contributed by atoms with Crippen LogP contribution in [0.1, 0.15) is 76.6 Å². The number of benzene rings is 2. The monoisotopic (exact) mass is 814 g/mol. The minimum absolute atomic E-state index is 0.0347. The number of nitrogens with one attached hydrogen (secondary N) is 3. The Kier molecular flexibility index (Phi) is 18.1. The van der Waals surface area contributed by atoms with E-state index >= 15 is 0 Å². The van der Waals surface area contributed by atoms with Gasteiger partial charge >= 0.3 is 11.9 Å². The van der Waals surface area contributed by atoms with Gasteiger partial charge in [0.25, 0.3) is 11.8 Å². The Morgan fingerprint density at radius 2 is 1.59 bits per heavy atom. The van der Waals surface area contributed by atoms with Crippen LogP contribution in [-0.2, 0) is 40.1 Å². The predicted octanol–water partition coefficient (Wildman–Crippen LogP) is 2.31. The summed E-state index contributed by atoms with van der Waals surface area (Å²) in [6.07, 6.45) is 0.964. The molecule has 1 aromatic heterocycles. The highest BCUT2D eigenvalue weighted by Crippen LogP contribution is 2.37. The van der Waals surface area contributed by atoms with Gasteiger partial charge in [-0.3, -0.25) is 29.3 Å². The fourth-order valence-electron chi connectivity index (χ4n) is 6.11. The van der Waals surface area contributed by atoms with E-state index in [9.17, 15) is 42.7 Å². The molecule has 0 aliphatic carbocycles. The van der Waals surface area contributed by atoms with Crippen LogP contribution in [0.2, 0.25) is 0 Å². The van der Waals surface area contributed by atoms with Crippen molar-refractivity contribution in [2.45, 2.75) is 84.0 Å². The molecule has 316 valence electrons. The molecule has 4 rings (SSSR count). The van der Waals surface area contributed by atoms with Crippen LogP contribution in [0.3, 0.4) is 0 Å². The van der Waals surface area contributed by atoms with E-state index in [0.717, 1.165) is 29.5 Å². The second-order valence-electron chi connectivity index (χ2n) is 14.6. The van der Waals surface area contributed by atoms with Gasteiger partial charge in [-0.15, -0.1) is 5.06 Å². The molecule has 4 amide bonds. The van der Waals surface area contributed by atoms with Gasteiger partial charge in [-0.05, 0) is 54.6 Å². The van der Waals surface area contributed by atoms with Crippen LogP contribution in [0.5, 0.6) is 0 Å². The first kappa shape index (κ1) is 46.8. The van der Waals surface area contributed by atoms with Gasteiger partial charge < -0.3 is 41.1 Å². The van der Waals surface area contributed by atoms with Gasteiger partial charge in [0.2, 0.25) is 11.8 Å². The van der Waals surface area contributed by atoms with Crippen LogP contribution in [0, 0.1) is 17.0 Å². The number of halogens is 2. The number of carbonyl (C=O) groups is 6. The first-order valence-corrected chi connectivity index (χ1v) is 18.7. The first-order chi connectivity index (χ1) is 27.4. The van der Waals surface area contributed by atoms with E-state index in [1.54, 1.807) is 12.3 Å². The lowest BCUT2D eigenvalue weighted by atomic mass is 9.84. The summed E-state index contributed by atoms with van der Waals surface area (Å²) in [5.74, 6) is -6.15. The highest BCUT2D eigenvalue weighted by atomic mass is 19.1. The number of aromatic nitrogens is 1. The van der Waals surface area contributed by atoms with E-state index in [4.69, 9.17) is 20.8 Å². The van der Waals surface area contributed by atoms with Crippen molar-refractivity contribution in [1.82, 2.24) is 25.6 Å². The number of hydrogen-bond acceptors (Lipinski definition) is 11. The van der Waals surface area contributed by atoms with Crippen LogP contribution in [0.15, 0.2) is 60.8 Å². The third-order valence-electron chi connectivity index (χ3n) is 8.89. The molecule has 3 atom stereocenters. The number of aliphatic hydroxyl groups is 2. The Hall–Kier alpha value is -5.56. The molecular formula is C40H52F2N6O10. The summed E-state index contributed by atoms with van der Waals surface area (Å²) in [5, 5.41) is 34.3. The van der Waals surface area contributed by atoms with Crippen LogP contribution in [0.4, 0.5) is 8.78 Å². The summed E-state index contributed by atoms with van der Waals surface area (Å²) in [4.78, 5) is 77.5. The summed E-state index contributed by atoms with van der Waals surface area (Å²) in [5.41, 5.74) is 7.09. The standard InChI is InChI=1S/C38H46F2N6O8.C2H6O2/c1-38(2,3)35(30-18-24(26-19-25(39)11-12-27(26)40)22-45(30)21-23-8-5-4-6-9-23)42-17-15-28(44-29(37(52)53)20-31(41)47)36(51)43-16-7-10-34(50)54-46-32(48)13-14-33(46)49;3-1-2-4/h4-6,8-9,11-12,18-19,22,28-29,35,42,44H,7,10,13-17,20-21H2,1-3H3,(H2,41,47)(H,43,51)(H,52,53);3-4H,1-2H2/t28-,29-,35-;/m0./s1. The molecule has 0 radical (unpaired) electrons. The van der Waals surface area contributed by atoms with E-state index in [1.807, 2.05) is 55.7 Å². The van der Waals surface area contributed by atoms with Crippen molar-refractivity contribution in [3.8, 4) is 11.1 Å². The molecule has 1 aliphatic heterocycles. The molecule has 0 saturated carbocycles. The summed E-state index contributed by atoms with van der Waals surface area (Å²) in [6.45, 7) is 6.25. The van der Waals surface area contributed by atoms with Crippen LogP contribution in [-0.4, -0.2) is 98.9 Å². The molecule has 0 unspecified atom stereocenters. The van der Waals surface area contributed by atoms with Gasteiger partial charge in [0.1, 0.15) is 17.7 Å². The number of aliphatic carboxylic acids is 1. The fourth-order valence-corrected chi connectivity index (χ4v) is 6.11.